The molecule has 1 fully saturated rings. The zero-order valence-electron chi connectivity index (χ0n) is 24.6. The Balaban J connectivity index is 1.93. The summed E-state index contributed by atoms with van der Waals surface area (Å²) in [6, 6.07) is 4.25. The lowest BCUT2D eigenvalue weighted by atomic mass is 9.90. The van der Waals surface area contributed by atoms with Gasteiger partial charge in [0.15, 0.2) is 0 Å². The van der Waals surface area contributed by atoms with Gasteiger partial charge in [-0.05, 0) is 32.7 Å². The van der Waals surface area contributed by atoms with Gasteiger partial charge in [-0.3, -0.25) is 9.69 Å². The number of piperidine rings is 1. The largest absolute Gasteiger partial charge is 0.496 e. The lowest BCUT2D eigenvalue weighted by molar-refractivity contribution is -0.123. The summed E-state index contributed by atoms with van der Waals surface area (Å²) in [5.41, 5.74) is 0.825. The van der Waals surface area contributed by atoms with Crippen LogP contribution in [0.1, 0.15) is 116 Å². The standard InChI is InChI=1S/C32H55NO4/c1-6-7-8-9-10-11-12-13-14-15-16-20-27(25-33-21-18-17-19-26(33)2)30(34)24-29-31(36-4)22-28(35-3)23-32(29)37-5/h22-23,26-27H,6-21,24-25H2,1-5H3. The Hall–Kier alpha value is -1.75. The molecule has 37 heavy (non-hydrogen) atoms. The number of benzene rings is 1. The zero-order valence-corrected chi connectivity index (χ0v) is 24.6. The van der Waals surface area contributed by atoms with Crippen molar-refractivity contribution in [2.24, 2.45) is 5.92 Å². The number of unbranched alkanes of at least 4 members (excludes halogenated alkanes) is 10. The smallest absolute Gasteiger partial charge is 0.141 e. The number of likely N-dealkylation sites (tertiary alicyclic amines) is 1. The van der Waals surface area contributed by atoms with Crippen LogP contribution in [0.15, 0.2) is 12.1 Å². The minimum absolute atomic E-state index is 0.0515. The van der Waals surface area contributed by atoms with Crippen molar-refractivity contribution in [3.05, 3.63) is 17.7 Å². The number of rotatable bonds is 20. The summed E-state index contributed by atoms with van der Waals surface area (Å²) in [6.07, 6.45) is 19.7. The van der Waals surface area contributed by atoms with Crippen molar-refractivity contribution in [2.75, 3.05) is 34.4 Å². The highest BCUT2D eigenvalue weighted by Crippen LogP contribution is 2.35. The molecule has 5 nitrogen and oxygen atoms in total. The van der Waals surface area contributed by atoms with Crippen molar-refractivity contribution in [3.63, 3.8) is 0 Å². The Morgan fingerprint density at radius 2 is 1.43 bits per heavy atom. The van der Waals surface area contributed by atoms with Gasteiger partial charge in [-0.1, -0.05) is 84.0 Å². The van der Waals surface area contributed by atoms with E-state index in [1.807, 2.05) is 12.1 Å². The maximum atomic E-state index is 13.7. The van der Waals surface area contributed by atoms with Crippen LogP contribution in [0, 0.1) is 5.92 Å². The average molecular weight is 518 g/mol. The second-order valence-corrected chi connectivity index (χ2v) is 11.0. The van der Waals surface area contributed by atoms with Crippen molar-refractivity contribution >= 4 is 5.78 Å². The van der Waals surface area contributed by atoms with E-state index in [-0.39, 0.29) is 5.92 Å². The van der Waals surface area contributed by atoms with Gasteiger partial charge in [0.25, 0.3) is 0 Å². The Kier molecular flexibility index (Phi) is 15.7. The summed E-state index contributed by atoms with van der Waals surface area (Å²) in [6.45, 7) is 6.58. The van der Waals surface area contributed by atoms with Gasteiger partial charge >= 0.3 is 0 Å². The Morgan fingerprint density at radius 3 is 1.95 bits per heavy atom. The van der Waals surface area contributed by atoms with E-state index in [1.165, 1.54) is 83.5 Å². The van der Waals surface area contributed by atoms with Crippen LogP contribution in [0.5, 0.6) is 17.2 Å². The third-order valence-electron chi connectivity index (χ3n) is 8.18. The lowest BCUT2D eigenvalue weighted by Gasteiger charge is -2.35. The van der Waals surface area contributed by atoms with E-state index in [0.717, 1.165) is 31.5 Å². The molecular weight excluding hydrogens is 462 g/mol. The van der Waals surface area contributed by atoms with E-state index in [4.69, 9.17) is 14.2 Å². The molecule has 0 saturated carbocycles. The topological polar surface area (TPSA) is 48.0 Å². The monoisotopic (exact) mass is 517 g/mol. The first-order valence-electron chi connectivity index (χ1n) is 15.1. The molecule has 0 radical (unpaired) electrons. The molecule has 1 aliphatic heterocycles. The fourth-order valence-corrected chi connectivity index (χ4v) is 5.69. The molecule has 1 aromatic rings. The number of hydrogen-bond donors (Lipinski definition) is 0. The molecule has 0 bridgehead atoms. The maximum Gasteiger partial charge on any atom is 0.141 e. The summed E-state index contributed by atoms with van der Waals surface area (Å²) in [4.78, 5) is 16.3. The summed E-state index contributed by atoms with van der Waals surface area (Å²) in [5.74, 6) is 2.33. The van der Waals surface area contributed by atoms with Crippen molar-refractivity contribution in [1.82, 2.24) is 4.90 Å². The molecule has 0 aliphatic carbocycles. The molecule has 1 heterocycles. The molecule has 1 saturated heterocycles. The van der Waals surface area contributed by atoms with Gasteiger partial charge in [-0.2, -0.15) is 0 Å². The molecule has 2 unspecified atom stereocenters. The first kappa shape index (κ1) is 31.5. The highest BCUT2D eigenvalue weighted by molar-refractivity contribution is 5.85. The number of methoxy groups -OCH3 is 3. The summed E-state index contributed by atoms with van der Waals surface area (Å²) in [7, 11) is 4.91. The SMILES string of the molecule is CCCCCCCCCCCCCC(CN1CCCCC1C)C(=O)Cc1c(OC)cc(OC)cc1OC. The van der Waals surface area contributed by atoms with Crippen LogP contribution < -0.4 is 14.2 Å². The number of ether oxygens (including phenoxy) is 3. The fourth-order valence-electron chi connectivity index (χ4n) is 5.69. The third kappa shape index (κ3) is 11.3. The van der Waals surface area contributed by atoms with Gasteiger partial charge in [-0.15, -0.1) is 0 Å². The maximum absolute atomic E-state index is 13.7. The van der Waals surface area contributed by atoms with Crippen LogP contribution >= 0.6 is 0 Å². The van der Waals surface area contributed by atoms with Crippen molar-refractivity contribution in [1.29, 1.82) is 0 Å². The van der Waals surface area contributed by atoms with Crippen LogP contribution in [0.25, 0.3) is 0 Å². The quantitative estimate of drug-likeness (QED) is 0.164. The average Bonchev–Trinajstić information content (AvgIpc) is 2.91. The number of hydrogen-bond acceptors (Lipinski definition) is 5. The van der Waals surface area contributed by atoms with E-state index in [0.29, 0.717) is 35.5 Å². The van der Waals surface area contributed by atoms with Crippen LogP contribution in [-0.2, 0) is 11.2 Å². The minimum atomic E-state index is 0.0515. The molecule has 2 rings (SSSR count). The van der Waals surface area contributed by atoms with Crippen LogP contribution in [0.3, 0.4) is 0 Å². The lowest BCUT2D eigenvalue weighted by Crippen LogP contribution is -2.42. The summed E-state index contributed by atoms with van der Waals surface area (Å²) < 4.78 is 16.6. The molecule has 212 valence electrons. The Bertz CT molecular complexity index is 740. The molecule has 5 heteroatoms. The molecular formula is C32H55NO4. The van der Waals surface area contributed by atoms with Gasteiger partial charge in [0.1, 0.15) is 23.0 Å². The minimum Gasteiger partial charge on any atom is -0.496 e. The first-order valence-corrected chi connectivity index (χ1v) is 15.1. The summed E-state index contributed by atoms with van der Waals surface area (Å²) >= 11 is 0. The van der Waals surface area contributed by atoms with E-state index >= 15 is 0 Å². The fraction of sp³-hybridized carbons (Fsp3) is 0.781. The number of carbonyl (C=O) groups excluding carboxylic acids is 1. The van der Waals surface area contributed by atoms with Crippen LogP contribution in [0.2, 0.25) is 0 Å². The van der Waals surface area contributed by atoms with Gasteiger partial charge in [0.05, 0.1) is 21.3 Å². The predicted octanol–water partition coefficient (Wildman–Crippen LogP) is 8.02. The molecule has 0 amide bonds. The van der Waals surface area contributed by atoms with E-state index in [2.05, 4.69) is 18.7 Å². The van der Waals surface area contributed by atoms with Crippen molar-refractivity contribution in [3.8, 4) is 17.2 Å². The van der Waals surface area contributed by atoms with Gasteiger partial charge in [0, 0.05) is 42.6 Å². The van der Waals surface area contributed by atoms with E-state index < -0.39 is 0 Å². The Morgan fingerprint density at radius 1 is 0.865 bits per heavy atom. The molecule has 0 N–H and O–H groups in total. The molecule has 1 aliphatic rings. The second kappa shape index (κ2) is 18.5. The van der Waals surface area contributed by atoms with Gasteiger partial charge in [0.2, 0.25) is 0 Å². The van der Waals surface area contributed by atoms with Gasteiger partial charge in [-0.25, -0.2) is 0 Å². The van der Waals surface area contributed by atoms with Gasteiger partial charge < -0.3 is 14.2 Å². The number of carbonyl (C=O) groups is 1. The highest BCUT2D eigenvalue weighted by atomic mass is 16.5. The summed E-state index contributed by atoms with van der Waals surface area (Å²) in [5, 5.41) is 0. The van der Waals surface area contributed by atoms with Crippen LogP contribution in [-0.4, -0.2) is 51.1 Å². The molecule has 1 aromatic carbocycles. The van der Waals surface area contributed by atoms with Crippen LogP contribution in [0.4, 0.5) is 0 Å². The first-order chi connectivity index (χ1) is 18.0. The zero-order chi connectivity index (χ0) is 26.9. The van der Waals surface area contributed by atoms with Crippen molar-refractivity contribution < 1.29 is 19.0 Å². The second-order valence-electron chi connectivity index (χ2n) is 11.0. The van der Waals surface area contributed by atoms with E-state index in [9.17, 15) is 4.79 Å². The highest BCUT2D eigenvalue weighted by Gasteiger charge is 2.27. The third-order valence-corrected chi connectivity index (χ3v) is 8.18. The van der Waals surface area contributed by atoms with E-state index in [1.54, 1.807) is 21.3 Å². The number of Topliss-reactive ketones (excluding diaryl/α,β-unsaturated/α-hetero) is 1. The number of ketones is 1. The molecule has 2 atom stereocenters. The Labute approximate surface area is 227 Å². The normalized spacial score (nSPS) is 16.9. The molecule has 0 aromatic heterocycles. The van der Waals surface area contributed by atoms with Crippen molar-refractivity contribution in [2.45, 2.75) is 123 Å². The number of nitrogens with zero attached hydrogens (tertiary/aromatic N) is 1. The predicted molar refractivity (Wildman–Crippen MR) is 154 cm³/mol. The molecule has 0 spiro atoms.